The average molecular weight is 453 g/mol. The predicted molar refractivity (Wildman–Crippen MR) is 102 cm³/mol. The fourth-order valence-electron chi connectivity index (χ4n) is 2.70. The summed E-state index contributed by atoms with van der Waals surface area (Å²) < 4.78 is 16.8. The van der Waals surface area contributed by atoms with E-state index >= 15 is 0 Å². The number of benzene rings is 1. The number of rotatable bonds is 5. The number of hydrogen-bond donors (Lipinski definition) is 2. The third-order valence-corrected chi connectivity index (χ3v) is 4.33. The molecule has 148 valence electrons. The van der Waals surface area contributed by atoms with Gasteiger partial charge in [0.1, 0.15) is 24.7 Å². The van der Waals surface area contributed by atoms with Gasteiger partial charge in [-0.2, -0.15) is 0 Å². The number of para-hydroxylation sites is 1. The number of aromatic amines is 1. The molecule has 3 rings (SSSR count). The summed E-state index contributed by atoms with van der Waals surface area (Å²) in [6.07, 6.45) is -0.669. The zero-order valence-electron chi connectivity index (χ0n) is 14.5. The normalized spacial score (nSPS) is 21.7. The molecular weight excluding hydrogens is 436 g/mol. The fourth-order valence-corrected chi connectivity index (χ4v) is 2.99. The molecule has 1 aliphatic heterocycles. The van der Waals surface area contributed by atoms with E-state index in [-0.39, 0.29) is 18.6 Å². The van der Waals surface area contributed by atoms with Crippen LogP contribution in [0.3, 0.4) is 0 Å². The Morgan fingerprint density at radius 2 is 2.11 bits per heavy atom. The number of hydrogen-bond acceptors (Lipinski definition) is 7. The quantitative estimate of drug-likeness (QED) is 0.523. The van der Waals surface area contributed by atoms with Gasteiger partial charge in [-0.3, -0.25) is 14.3 Å². The van der Waals surface area contributed by atoms with Gasteiger partial charge in [0.05, 0.1) is 11.7 Å². The first-order chi connectivity index (χ1) is 13.5. The molecule has 1 fully saturated rings. The molecule has 2 N–H and O–H groups in total. The predicted octanol–water partition coefficient (Wildman–Crippen LogP) is 1.77. The monoisotopic (exact) mass is 452 g/mol. The molecule has 2 heterocycles. The second-order valence-corrected chi connectivity index (χ2v) is 6.48. The number of halogens is 1. The highest BCUT2D eigenvalue weighted by atomic mass is 79.9. The Hall–Kier alpha value is -2.69. The van der Waals surface area contributed by atoms with Gasteiger partial charge in [-0.1, -0.05) is 34.1 Å². The van der Waals surface area contributed by atoms with Gasteiger partial charge < -0.3 is 19.3 Å². The summed E-state index contributed by atoms with van der Waals surface area (Å²) in [6.45, 7) is -0.254. The van der Waals surface area contributed by atoms with Gasteiger partial charge >= 0.3 is 11.8 Å². The lowest BCUT2D eigenvalue weighted by atomic mass is 10.2. The van der Waals surface area contributed by atoms with Crippen LogP contribution in [0.25, 0.3) is 6.08 Å². The summed E-state index contributed by atoms with van der Waals surface area (Å²) in [5.41, 5.74) is -0.973. The Kier molecular flexibility index (Phi) is 6.45. The Balaban J connectivity index is 1.63. The molecule has 10 heteroatoms. The van der Waals surface area contributed by atoms with Crippen molar-refractivity contribution in [1.29, 1.82) is 0 Å². The molecule has 0 spiro atoms. The number of carbonyl (C=O) groups excluding carboxylic acids is 1. The van der Waals surface area contributed by atoms with Crippen molar-refractivity contribution >= 4 is 28.2 Å². The van der Waals surface area contributed by atoms with Crippen LogP contribution < -0.4 is 16.0 Å². The van der Waals surface area contributed by atoms with Crippen LogP contribution >= 0.6 is 15.9 Å². The summed E-state index contributed by atoms with van der Waals surface area (Å²) in [5.74, 6) is 0.324. The van der Waals surface area contributed by atoms with E-state index < -0.39 is 35.8 Å². The molecule has 0 amide bonds. The highest BCUT2D eigenvalue weighted by Gasteiger charge is 2.36. The Labute approximate surface area is 167 Å². The van der Waals surface area contributed by atoms with Gasteiger partial charge in [0.2, 0.25) is 0 Å². The maximum atomic E-state index is 12.1. The maximum Gasteiger partial charge on any atom is 0.513 e. The zero-order valence-corrected chi connectivity index (χ0v) is 16.1. The number of ether oxygens (including phenoxy) is 3. The van der Waals surface area contributed by atoms with E-state index in [9.17, 15) is 19.5 Å². The highest BCUT2D eigenvalue weighted by Crippen LogP contribution is 2.28. The van der Waals surface area contributed by atoms with Crippen molar-refractivity contribution in [3.63, 3.8) is 0 Å². The zero-order chi connectivity index (χ0) is 20.1. The van der Waals surface area contributed by atoms with Crippen LogP contribution in [0.1, 0.15) is 18.2 Å². The lowest BCUT2D eigenvalue weighted by Crippen LogP contribution is -2.33. The van der Waals surface area contributed by atoms with Crippen molar-refractivity contribution < 1.29 is 24.1 Å². The Morgan fingerprint density at radius 3 is 2.82 bits per heavy atom. The summed E-state index contributed by atoms with van der Waals surface area (Å²) in [4.78, 5) is 39.2. The molecule has 0 bridgehead atoms. The minimum absolute atomic E-state index is 0.0885. The van der Waals surface area contributed by atoms with Gasteiger partial charge in [-0.05, 0) is 23.2 Å². The summed E-state index contributed by atoms with van der Waals surface area (Å²) in [6, 6.07) is 8.38. The maximum absolute atomic E-state index is 12.1. The number of aromatic nitrogens is 2. The van der Waals surface area contributed by atoms with E-state index in [1.807, 2.05) is 0 Å². The standard InChI is InChI=1S/C18H17BrN2O7/c19-7-6-11-9-21(17(24)20-16(11)23)15-8-13(22)14(28-15)10-26-18(25)27-12-4-2-1-3-5-12/h1-7,9,13-15,22H,8,10H2,(H,20,23,24)/t13-,14+,15+/m0/s1. The van der Waals surface area contributed by atoms with Gasteiger partial charge in [0.25, 0.3) is 5.56 Å². The number of aliphatic hydroxyl groups is 1. The topological polar surface area (TPSA) is 120 Å². The molecule has 0 radical (unpaired) electrons. The van der Waals surface area contributed by atoms with E-state index in [1.165, 1.54) is 21.8 Å². The molecular formula is C18H17BrN2O7. The van der Waals surface area contributed by atoms with Crippen molar-refractivity contribution in [3.8, 4) is 5.75 Å². The second kappa shape index (κ2) is 9.00. The molecule has 1 aromatic heterocycles. The minimum atomic E-state index is -0.969. The summed E-state index contributed by atoms with van der Waals surface area (Å²) in [5, 5.41) is 10.2. The van der Waals surface area contributed by atoms with Crippen molar-refractivity contribution in [2.24, 2.45) is 0 Å². The van der Waals surface area contributed by atoms with Crippen molar-refractivity contribution in [2.75, 3.05) is 6.61 Å². The van der Waals surface area contributed by atoms with E-state index in [0.717, 1.165) is 0 Å². The van der Waals surface area contributed by atoms with Crippen molar-refractivity contribution in [2.45, 2.75) is 24.9 Å². The van der Waals surface area contributed by atoms with E-state index in [4.69, 9.17) is 14.2 Å². The smallest absolute Gasteiger partial charge is 0.431 e. The number of aliphatic hydroxyl groups excluding tert-OH is 1. The molecule has 1 aliphatic rings. The lowest BCUT2D eigenvalue weighted by Gasteiger charge is -2.16. The van der Waals surface area contributed by atoms with Gasteiger partial charge in [0.15, 0.2) is 0 Å². The van der Waals surface area contributed by atoms with Crippen LogP contribution in [0.5, 0.6) is 5.75 Å². The molecule has 28 heavy (non-hydrogen) atoms. The largest absolute Gasteiger partial charge is 0.513 e. The van der Waals surface area contributed by atoms with Crippen LogP contribution in [-0.2, 0) is 9.47 Å². The molecule has 1 saturated heterocycles. The lowest BCUT2D eigenvalue weighted by molar-refractivity contribution is -0.0537. The molecule has 9 nitrogen and oxygen atoms in total. The van der Waals surface area contributed by atoms with Gasteiger partial charge in [0, 0.05) is 12.6 Å². The number of nitrogens with one attached hydrogen (secondary N) is 1. The summed E-state index contributed by atoms with van der Waals surface area (Å²) >= 11 is 3.07. The first-order valence-corrected chi connectivity index (χ1v) is 9.25. The Morgan fingerprint density at radius 1 is 1.36 bits per heavy atom. The highest BCUT2D eigenvalue weighted by molar-refractivity contribution is 9.11. The van der Waals surface area contributed by atoms with E-state index in [0.29, 0.717) is 5.75 Å². The van der Waals surface area contributed by atoms with Crippen LogP contribution in [-0.4, -0.2) is 39.6 Å². The van der Waals surface area contributed by atoms with Gasteiger partial charge in [-0.25, -0.2) is 9.59 Å². The van der Waals surface area contributed by atoms with Gasteiger partial charge in [-0.15, -0.1) is 0 Å². The molecule has 0 aliphatic carbocycles. The fraction of sp³-hybridized carbons (Fsp3) is 0.278. The third-order valence-electron chi connectivity index (χ3n) is 4.06. The molecule has 3 atom stereocenters. The molecule has 0 unspecified atom stereocenters. The Bertz CT molecular complexity index is 970. The third kappa shape index (κ3) is 4.77. The van der Waals surface area contributed by atoms with Crippen LogP contribution in [0.15, 0.2) is 51.1 Å². The van der Waals surface area contributed by atoms with Crippen molar-refractivity contribution in [3.05, 3.63) is 67.9 Å². The first kappa shape index (κ1) is 20.1. The number of H-pyrrole nitrogens is 1. The van der Waals surface area contributed by atoms with Crippen LogP contribution in [0.2, 0.25) is 0 Å². The van der Waals surface area contributed by atoms with Crippen LogP contribution in [0, 0.1) is 0 Å². The first-order valence-electron chi connectivity index (χ1n) is 8.33. The molecule has 0 saturated carbocycles. The van der Waals surface area contributed by atoms with E-state index in [1.54, 1.807) is 30.3 Å². The minimum Gasteiger partial charge on any atom is -0.431 e. The van der Waals surface area contributed by atoms with Crippen molar-refractivity contribution in [1.82, 2.24) is 9.55 Å². The van der Waals surface area contributed by atoms with Crippen LogP contribution in [0.4, 0.5) is 4.79 Å². The molecule has 1 aromatic carbocycles. The second-order valence-electron chi connectivity index (χ2n) is 5.95. The SMILES string of the molecule is O=C(OC[C@H]1O[C@@H](n2cc(C=CBr)c(=O)[nH]c2=O)C[C@@H]1O)Oc1ccccc1. The molecule has 2 aromatic rings. The number of nitrogens with zero attached hydrogens (tertiary/aromatic N) is 1. The summed E-state index contributed by atoms with van der Waals surface area (Å²) in [7, 11) is 0. The number of carbonyl (C=O) groups is 1. The van der Waals surface area contributed by atoms with E-state index in [2.05, 4.69) is 20.9 Å². The average Bonchev–Trinajstić information content (AvgIpc) is 3.03.